The van der Waals surface area contributed by atoms with Crippen LogP contribution in [-0.2, 0) is 9.59 Å². The largest absolute Gasteiger partial charge is 0.479 e. The number of nitrogens with two attached hydrogens (primary N) is 1. The Hall–Kier alpha value is -1.31. The topological polar surface area (TPSA) is 92.4 Å². The van der Waals surface area contributed by atoms with Crippen LogP contribution in [0, 0.1) is 5.41 Å². The summed E-state index contributed by atoms with van der Waals surface area (Å²) in [5, 5.41) is 10.2. The third-order valence-electron chi connectivity index (χ3n) is 3.23. The summed E-state index contributed by atoms with van der Waals surface area (Å²) in [5.74, 6) is -3.09. The SMILES string of the molecule is CC(C)(CCN)CCC(=O)NC(C)(C(=O)O)C(F)(F)F. The molecule has 5 nitrogen and oxygen atoms in total. The number of amides is 1. The van der Waals surface area contributed by atoms with Crippen molar-refractivity contribution >= 4 is 11.9 Å². The number of alkyl halides is 3. The zero-order chi connectivity index (χ0) is 16.2. The lowest BCUT2D eigenvalue weighted by molar-refractivity contribution is -0.207. The molecule has 0 aliphatic carbocycles. The smallest absolute Gasteiger partial charge is 0.422 e. The number of carboxylic acid groups (broad SMARTS) is 1. The molecule has 1 atom stereocenters. The van der Waals surface area contributed by atoms with Gasteiger partial charge in [0.1, 0.15) is 0 Å². The first kappa shape index (κ1) is 18.7. The molecule has 8 heteroatoms. The Balaban J connectivity index is 4.70. The van der Waals surface area contributed by atoms with Crippen LogP contribution in [0.25, 0.3) is 0 Å². The third-order valence-corrected chi connectivity index (χ3v) is 3.23. The summed E-state index contributed by atoms with van der Waals surface area (Å²) < 4.78 is 38.1. The summed E-state index contributed by atoms with van der Waals surface area (Å²) in [6, 6.07) is 0. The minimum absolute atomic E-state index is 0.189. The third kappa shape index (κ3) is 4.99. The fourth-order valence-corrected chi connectivity index (χ4v) is 1.55. The van der Waals surface area contributed by atoms with E-state index in [1.54, 1.807) is 5.32 Å². The molecule has 0 aliphatic rings. The molecule has 0 aromatic heterocycles. The van der Waals surface area contributed by atoms with Crippen molar-refractivity contribution in [3.63, 3.8) is 0 Å². The number of aliphatic carboxylic acids is 1. The number of nitrogens with one attached hydrogen (secondary N) is 1. The van der Waals surface area contributed by atoms with Crippen molar-refractivity contribution in [1.29, 1.82) is 0 Å². The number of rotatable bonds is 7. The van der Waals surface area contributed by atoms with E-state index in [1.165, 1.54) is 0 Å². The van der Waals surface area contributed by atoms with Crippen LogP contribution in [0.4, 0.5) is 13.2 Å². The molecule has 0 saturated carbocycles. The van der Waals surface area contributed by atoms with E-state index in [-0.39, 0.29) is 11.8 Å². The average Bonchev–Trinajstić information content (AvgIpc) is 2.24. The highest BCUT2D eigenvalue weighted by atomic mass is 19.4. The molecular weight excluding hydrogens is 277 g/mol. The van der Waals surface area contributed by atoms with E-state index in [1.807, 2.05) is 13.8 Å². The summed E-state index contributed by atoms with van der Waals surface area (Å²) in [4.78, 5) is 22.3. The number of carbonyl (C=O) groups is 2. The Kier molecular flexibility index (Phi) is 6.01. The maximum atomic E-state index is 12.7. The highest BCUT2D eigenvalue weighted by Gasteiger charge is 2.58. The Morgan fingerprint density at radius 1 is 1.15 bits per heavy atom. The van der Waals surface area contributed by atoms with Gasteiger partial charge in [0.25, 0.3) is 0 Å². The molecule has 0 heterocycles. The number of hydrogen-bond acceptors (Lipinski definition) is 3. The molecule has 1 unspecified atom stereocenters. The van der Waals surface area contributed by atoms with E-state index in [2.05, 4.69) is 0 Å². The van der Waals surface area contributed by atoms with Gasteiger partial charge in [-0.3, -0.25) is 4.79 Å². The van der Waals surface area contributed by atoms with Gasteiger partial charge in [-0.2, -0.15) is 13.2 Å². The number of carboxylic acids is 1. The van der Waals surface area contributed by atoms with Gasteiger partial charge in [-0.15, -0.1) is 0 Å². The number of hydrogen-bond donors (Lipinski definition) is 3. The van der Waals surface area contributed by atoms with Crippen LogP contribution in [0.5, 0.6) is 0 Å². The van der Waals surface area contributed by atoms with Crippen molar-refractivity contribution in [3.05, 3.63) is 0 Å². The Labute approximate surface area is 115 Å². The van der Waals surface area contributed by atoms with Crippen LogP contribution in [-0.4, -0.2) is 35.2 Å². The lowest BCUT2D eigenvalue weighted by Crippen LogP contribution is -2.61. The van der Waals surface area contributed by atoms with Crippen LogP contribution < -0.4 is 11.1 Å². The van der Waals surface area contributed by atoms with Gasteiger partial charge >= 0.3 is 12.1 Å². The first-order valence-corrected chi connectivity index (χ1v) is 6.17. The predicted octanol–water partition coefficient (Wildman–Crippen LogP) is 1.66. The summed E-state index contributed by atoms with van der Waals surface area (Å²) in [5.41, 5.74) is 1.83. The van der Waals surface area contributed by atoms with Gasteiger partial charge in [0.05, 0.1) is 0 Å². The molecule has 20 heavy (non-hydrogen) atoms. The minimum atomic E-state index is -5.07. The first-order valence-electron chi connectivity index (χ1n) is 6.17. The summed E-state index contributed by atoms with van der Waals surface area (Å²) in [7, 11) is 0. The van der Waals surface area contributed by atoms with Crippen LogP contribution >= 0.6 is 0 Å². The molecular formula is C12H21F3N2O3. The molecule has 0 spiro atoms. The molecule has 4 N–H and O–H groups in total. The van der Waals surface area contributed by atoms with Gasteiger partial charge in [0, 0.05) is 6.42 Å². The molecule has 0 aromatic carbocycles. The van der Waals surface area contributed by atoms with Crippen LogP contribution in [0.1, 0.15) is 40.0 Å². The summed E-state index contributed by atoms with van der Waals surface area (Å²) in [6.07, 6.45) is -4.31. The maximum absolute atomic E-state index is 12.7. The van der Waals surface area contributed by atoms with Crippen molar-refractivity contribution in [1.82, 2.24) is 5.32 Å². The van der Waals surface area contributed by atoms with Gasteiger partial charge in [-0.05, 0) is 31.7 Å². The second kappa shape index (κ2) is 6.43. The molecule has 0 saturated heterocycles. The quantitative estimate of drug-likeness (QED) is 0.666. The van der Waals surface area contributed by atoms with Crippen LogP contribution in [0.3, 0.4) is 0 Å². The Bertz CT molecular complexity index is 369. The fourth-order valence-electron chi connectivity index (χ4n) is 1.55. The van der Waals surface area contributed by atoms with Crippen molar-refractivity contribution in [3.8, 4) is 0 Å². The Morgan fingerprint density at radius 3 is 2.00 bits per heavy atom. The van der Waals surface area contributed by atoms with Crippen molar-refractivity contribution < 1.29 is 27.9 Å². The second-order valence-corrected chi connectivity index (χ2v) is 5.68. The highest BCUT2D eigenvalue weighted by molar-refractivity contribution is 5.87. The lowest BCUT2D eigenvalue weighted by atomic mass is 9.84. The molecule has 0 bridgehead atoms. The molecule has 0 fully saturated rings. The summed E-state index contributed by atoms with van der Waals surface area (Å²) >= 11 is 0. The zero-order valence-electron chi connectivity index (χ0n) is 11.8. The molecule has 0 rings (SSSR count). The standard InChI is InChI=1S/C12H21F3N2O3/c1-10(2,6-7-16)5-4-8(18)17-11(3,9(19)20)12(13,14)15/h4-7,16H2,1-3H3,(H,17,18)(H,19,20). The molecule has 0 aliphatic heterocycles. The summed E-state index contributed by atoms with van der Waals surface area (Å²) in [6.45, 7) is 4.52. The number of carbonyl (C=O) groups excluding carboxylic acids is 1. The van der Waals surface area contributed by atoms with Gasteiger partial charge in [-0.25, -0.2) is 4.79 Å². The van der Waals surface area contributed by atoms with E-state index in [0.717, 1.165) is 0 Å². The van der Waals surface area contributed by atoms with Crippen molar-refractivity contribution in [2.45, 2.75) is 51.7 Å². The van der Waals surface area contributed by atoms with Crippen molar-refractivity contribution in [2.24, 2.45) is 11.1 Å². The predicted molar refractivity (Wildman–Crippen MR) is 66.9 cm³/mol. The molecule has 1 amide bonds. The fraction of sp³-hybridized carbons (Fsp3) is 0.833. The van der Waals surface area contributed by atoms with E-state index < -0.39 is 23.6 Å². The molecule has 118 valence electrons. The normalized spacial score (nSPS) is 15.6. The Morgan fingerprint density at radius 2 is 1.65 bits per heavy atom. The van der Waals surface area contributed by atoms with Crippen LogP contribution in [0.15, 0.2) is 0 Å². The maximum Gasteiger partial charge on any atom is 0.422 e. The van der Waals surface area contributed by atoms with E-state index >= 15 is 0 Å². The van der Waals surface area contributed by atoms with E-state index in [9.17, 15) is 22.8 Å². The van der Waals surface area contributed by atoms with Gasteiger partial charge < -0.3 is 16.2 Å². The van der Waals surface area contributed by atoms with Gasteiger partial charge in [-0.1, -0.05) is 13.8 Å². The van der Waals surface area contributed by atoms with Crippen LogP contribution in [0.2, 0.25) is 0 Å². The highest BCUT2D eigenvalue weighted by Crippen LogP contribution is 2.31. The lowest BCUT2D eigenvalue weighted by Gasteiger charge is -2.29. The second-order valence-electron chi connectivity index (χ2n) is 5.68. The van der Waals surface area contributed by atoms with Gasteiger partial charge in [0.15, 0.2) is 0 Å². The van der Waals surface area contributed by atoms with E-state index in [0.29, 0.717) is 26.3 Å². The molecule has 0 aromatic rings. The molecule has 0 radical (unpaired) electrons. The van der Waals surface area contributed by atoms with Crippen molar-refractivity contribution in [2.75, 3.05) is 6.54 Å². The van der Waals surface area contributed by atoms with E-state index in [4.69, 9.17) is 10.8 Å². The van der Waals surface area contributed by atoms with Gasteiger partial charge in [0.2, 0.25) is 11.4 Å². The first-order chi connectivity index (χ1) is 8.85. The average molecular weight is 298 g/mol. The minimum Gasteiger partial charge on any atom is -0.479 e. The monoisotopic (exact) mass is 298 g/mol. The number of halogens is 3. The zero-order valence-corrected chi connectivity index (χ0v) is 11.8.